The van der Waals surface area contributed by atoms with Crippen LogP contribution in [0.25, 0.3) is 0 Å². The molecule has 1 aromatic rings. The van der Waals surface area contributed by atoms with Crippen molar-refractivity contribution < 1.29 is 25.9 Å². The molecule has 0 amide bonds. The SMILES string of the molecule is O=S(=O)(O)NN(c1ccc(Cl)cc1)S(=O)(=O)O. The number of anilines is 1. The Balaban J connectivity index is 3.21. The molecule has 0 unspecified atom stereocenters. The highest BCUT2D eigenvalue weighted by Crippen LogP contribution is 2.18. The van der Waals surface area contributed by atoms with Crippen LogP contribution in [0, 0.1) is 0 Å². The van der Waals surface area contributed by atoms with Crippen LogP contribution < -0.4 is 9.25 Å². The molecule has 3 N–H and O–H groups in total. The summed E-state index contributed by atoms with van der Waals surface area (Å²) in [5.41, 5.74) is -0.255. The monoisotopic (exact) mass is 302 g/mol. The van der Waals surface area contributed by atoms with E-state index in [9.17, 15) is 16.8 Å². The molecule has 0 aliphatic carbocycles. The van der Waals surface area contributed by atoms with Crippen molar-refractivity contribution in [3.8, 4) is 0 Å². The van der Waals surface area contributed by atoms with Crippen LogP contribution in [0.5, 0.6) is 0 Å². The summed E-state index contributed by atoms with van der Waals surface area (Å²) in [6, 6.07) is 4.77. The first-order valence-corrected chi connectivity index (χ1v) is 7.09. The average molecular weight is 303 g/mol. The van der Waals surface area contributed by atoms with E-state index < -0.39 is 20.6 Å². The summed E-state index contributed by atoms with van der Waals surface area (Å²) in [7, 11) is -9.79. The zero-order valence-electron chi connectivity index (χ0n) is 7.98. The van der Waals surface area contributed by atoms with Gasteiger partial charge in [-0.1, -0.05) is 16.4 Å². The van der Waals surface area contributed by atoms with E-state index in [4.69, 9.17) is 20.7 Å². The first kappa shape index (κ1) is 14.2. The molecule has 11 heteroatoms. The Hall–Kier alpha value is -0.910. The quantitative estimate of drug-likeness (QED) is 0.541. The van der Waals surface area contributed by atoms with E-state index in [2.05, 4.69) is 0 Å². The van der Waals surface area contributed by atoms with Gasteiger partial charge in [-0.2, -0.15) is 21.2 Å². The third kappa shape index (κ3) is 4.46. The molecule has 0 radical (unpaired) electrons. The fraction of sp³-hybridized carbons (Fsp3) is 0. The summed E-state index contributed by atoms with van der Waals surface area (Å²) in [6.45, 7) is 0. The maximum absolute atomic E-state index is 10.9. The van der Waals surface area contributed by atoms with Crippen molar-refractivity contribution in [3.63, 3.8) is 0 Å². The van der Waals surface area contributed by atoms with Gasteiger partial charge in [0.05, 0.1) is 5.69 Å². The molecule has 0 saturated heterocycles. The number of rotatable bonds is 4. The molecule has 0 aromatic heterocycles. The second-order valence-corrected chi connectivity index (χ2v) is 5.61. The van der Waals surface area contributed by atoms with Crippen molar-refractivity contribution in [2.75, 3.05) is 4.41 Å². The van der Waals surface area contributed by atoms with E-state index in [-0.39, 0.29) is 15.1 Å². The van der Waals surface area contributed by atoms with Crippen molar-refractivity contribution in [3.05, 3.63) is 29.3 Å². The highest BCUT2D eigenvalue weighted by atomic mass is 35.5. The van der Waals surface area contributed by atoms with E-state index in [0.29, 0.717) is 0 Å². The number of hydrazine groups is 1. The Kier molecular flexibility index (Phi) is 3.96. The lowest BCUT2D eigenvalue weighted by Crippen LogP contribution is -2.45. The van der Waals surface area contributed by atoms with Gasteiger partial charge in [0.1, 0.15) is 0 Å². The highest BCUT2D eigenvalue weighted by Gasteiger charge is 2.24. The Morgan fingerprint density at radius 1 is 1.06 bits per heavy atom. The molecular weight excluding hydrogens is 296 g/mol. The van der Waals surface area contributed by atoms with E-state index in [0.717, 1.165) is 12.1 Å². The van der Waals surface area contributed by atoms with Crippen LogP contribution in [0.3, 0.4) is 0 Å². The lowest BCUT2D eigenvalue weighted by atomic mass is 10.3. The van der Waals surface area contributed by atoms with Gasteiger partial charge in [0.25, 0.3) is 0 Å². The minimum Gasteiger partial charge on any atom is -0.272 e. The molecule has 1 aromatic carbocycles. The minimum atomic E-state index is -4.92. The van der Waals surface area contributed by atoms with Crippen molar-refractivity contribution >= 4 is 37.9 Å². The molecule has 17 heavy (non-hydrogen) atoms. The third-order valence-corrected chi connectivity index (χ3v) is 3.03. The van der Waals surface area contributed by atoms with Crippen molar-refractivity contribution in [2.24, 2.45) is 0 Å². The number of nitrogens with one attached hydrogen (secondary N) is 1. The van der Waals surface area contributed by atoms with Gasteiger partial charge in [-0.05, 0) is 24.3 Å². The number of hydrogen-bond acceptors (Lipinski definition) is 4. The first-order chi connectivity index (χ1) is 7.59. The summed E-state index contributed by atoms with van der Waals surface area (Å²) in [6.07, 6.45) is 0. The smallest absolute Gasteiger partial charge is 0.272 e. The number of halogens is 1. The molecule has 8 nitrogen and oxygen atoms in total. The minimum absolute atomic E-state index is 0.126. The highest BCUT2D eigenvalue weighted by molar-refractivity contribution is 7.89. The van der Waals surface area contributed by atoms with Gasteiger partial charge in [0, 0.05) is 5.02 Å². The summed E-state index contributed by atoms with van der Waals surface area (Å²) >= 11 is 5.55. The predicted octanol–water partition coefficient (Wildman–Crippen LogP) is 0.257. The Labute approximate surface area is 103 Å². The zero-order valence-corrected chi connectivity index (χ0v) is 10.4. The van der Waals surface area contributed by atoms with E-state index in [1.165, 1.54) is 17.0 Å². The van der Waals surface area contributed by atoms with Gasteiger partial charge in [-0.25, -0.2) is 0 Å². The second-order valence-electron chi connectivity index (χ2n) is 2.78. The molecule has 96 valence electrons. The molecule has 0 aliphatic heterocycles. The molecule has 0 atom stereocenters. The summed E-state index contributed by atoms with van der Waals surface area (Å²) in [5.74, 6) is 0. The van der Waals surface area contributed by atoms with Crippen molar-refractivity contribution in [1.29, 1.82) is 0 Å². The average Bonchev–Trinajstić information content (AvgIpc) is 2.13. The number of hydrogen-bond donors (Lipinski definition) is 3. The van der Waals surface area contributed by atoms with Crippen LogP contribution in [-0.2, 0) is 20.6 Å². The van der Waals surface area contributed by atoms with Gasteiger partial charge in [-0.15, -0.1) is 0 Å². The van der Waals surface area contributed by atoms with E-state index in [1.54, 1.807) is 0 Å². The van der Waals surface area contributed by atoms with Crippen LogP contribution >= 0.6 is 11.6 Å². The summed E-state index contributed by atoms with van der Waals surface area (Å²) < 4.78 is 60.0. The maximum atomic E-state index is 10.9. The first-order valence-electron chi connectivity index (χ1n) is 3.88. The van der Waals surface area contributed by atoms with Crippen molar-refractivity contribution in [1.82, 2.24) is 4.83 Å². The largest absolute Gasteiger partial charge is 0.374 e. The third-order valence-electron chi connectivity index (χ3n) is 1.49. The van der Waals surface area contributed by atoms with Gasteiger partial charge in [0.15, 0.2) is 0 Å². The standard InChI is InChI=1S/C6H7ClN2O6S2/c7-5-1-3-6(4-2-5)9(17(13,14)15)8-16(10,11)12/h1-4,8H,(H,10,11,12)(H,13,14,15). The summed E-state index contributed by atoms with van der Waals surface area (Å²) in [5, 5.41) is 0.274. The molecular formula is C6H7ClN2O6S2. The van der Waals surface area contributed by atoms with Crippen LogP contribution in [0.1, 0.15) is 0 Å². The van der Waals surface area contributed by atoms with Gasteiger partial charge < -0.3 is 0 Å². The van der Waals surface area contributed by atoms with Gasteiger partial charge in [0.2, 0.25) is 0 Å². The number of benzene rings is 1. The number of nitrogens with zero attached hydrogens (tertiary/aromatic N) is 1. The predicted molar refractivity (Wildman–Crippen MR) is 60.2 cm³/mol. The molecule has 0 aliphatic rings. The van der Waals surface area contributed by atoms with Crippen LogP contribution in [0.15, 0.2) is 24.3 Å². The molecule has 0 spiro atoms. The zero-order chi connectivity index (χ0) is 13.3. The molecule has 0 fully saturated rings. The van der Waals surface area contributed by atoms with Crippen molar-refractivity contribution in [2.45, 2.75) is 0 Å². The Morgan fingerprint density at radius 2 is 1.53 bits per heavy atom. The van der Waals surface area contributed by atoms with E-state index >= 15 is 0 Å². The normalized spacial score (nSPS) is 12.4. The molecule has 0 bridgehead atoms. The van der Waals surface area contributed by atoms with Gasteiger partial charge in [-0.3, -0.25) is 9.11 Å². The van der Waals surface area contributed by atoms with Crippen LogP contribution in [0.4, 0.5) is 5.69 Å². The fourth-order valence-corrected chi connectivity index (χ4v) is 2.40. The fourth-order valence-electron chi connectivity index (χ4n) is 0.914. The topological polar surface area (TPSA) is 124 Å². The van der Waals surface area contributed by atoms with E-state index in [1.807, 2.05) is 0 Å². The lowest BCUT2D eigenvalue weighted by Gasteiger charge is -2.19. The van der Waals surface area contributed by atoms with Crippen LogP contribution in [0.2, 0.25) is 5.02 Å². The molecule has 1 rings (SSSR count). The Bertz CT molecular complexity index is 596. The molecule has 0 heterocycles. The lowest BCUT2D eigenvalue weighted by molar-refractivity contribution is 0.452. The maximum Gasteiger partial charge on any atom is 0.374 e. The van der Waals surface area contributed by atoms with Gasteiger partial charge >= 0.3 is 20.6 Å². The molecule has 0 saturated carbocycles. The van der Waals surface area contributed by atoms with Crippen LogP contribution in [-0.4, -0.2) is 25.9 Å². The summed E-state index contributed by atoms with van der Waals surface area (Å²) in [4.78, 5) is 1.21. The second kappa shape index (κ2) is 4.76. The Morgan fingerprint density at radius 3 is 1.88 bits per heavy atom.